The molecule has 0 radical (unpaired) electrons. The van der Waals surface area contributed by atoms with E-state index in [1.54, 1.807) is 19.1 Å². The Balaban J connectivity index is 1.72. The minimum absolute atomic E-state index is 0.338. The van der Waals surface area contributed by atoms with E-state index in [1.165, 1.54) is 12.8 Å². The zero-order valence-electron chi connectivity index (χ0n) is 12.2. The van der Waals surface area contributed by atoms with Crippen LogP contribution in [0.3, 0.4) is 0 Å². The first-order valence-corrected chi connectivity index (χ1v) is 9.09. The quantitative estimate of drug-likeness (QED) is 0.794. The predicted molar refractivity (Wildman–Crippen MR) is 84.6 cm³/mol. The van der Waals surface area contributed by atoms with Gasteiger partial charge in [-0.1, -0.05) is 31.2 Å². The van der Waals surface area contributed by atoms with Gasteiger partial charge in [0.25, 0.3) is 0 Å². The maximum absolute atomic E-state index is 12.2. The van der Waals surface area contributed by atoms with E-state index in [2.05, 4.69) is 22.2 Å². The summed E-state index contributed by atoms with van der Waals surface area (Å²) in [5.74, 6) is 2.03. The van der Waals surface area contributed by atoms with Gasteiger partial charge in [0.1, 0.15) is 4.90 Å². The molecule has 0 spiro atoms. The topological polar surface area (TPSA) is 58.2 Å². The maximum atomic E-state index is 12.2. The Labute approximate surface area is 126 Å². The molecule has 1 aromatic carbocycles. The predicted octanol–water partition coefficient (Wildman–Crippen LogP) is 2.61. The minimum atomic E-state index is -3.42. The number of hydrogen-bond acceptors (Lipinski definition) is 3. The Hall–Kier alpha value is -1.33. The molecule has 2 aliphatic rings. The Morgan fingerprint density at radius 2 is 2.00 bits per heavy atom. The fourth-order valence-corrected chi connectivity index (χ4v) is 4.71. The first-order valence-electron chi connectivity index (χ1n) is 7.61. The van der Waals surface area contributed by atoms with Crippen molar-refractivity contribution in [3.8, 4) is 0 Å². The lowest BCUT2D eigenvalue weighted by molar-refractivity contribution is 0.471. The third-order valence-electron chi connectivity index (χ3n) is 4.48. The lowest BCUT2D eigenvalue weighted by atomic mass is 9.93. The molecule has 5 heteroatoms. The minimum Gasteiger partial charge on any atom is -0.384 e. The Morgan fingerprint density at radius 3 is 2.67 bits per heavy atom. The van der Waals surface area contributed by atoms with E-state index in [4.69, 9.17) is 0 Å². The van der Waals surface area contributed by atoms with Crippen LogP contribution >= 0.6 is 0 Å². The number of nitrogens with one attached hydrogen (secondary N) is 2. The summed E-state index contributed by atoms with van der Waals surface area (Å²) >= 11 is 0. The molecule has 0 amide bonds. The number of para-hydroxylation sites is 1. The van der Waals surface area contributed by atoms with E-state index in [0.29, 0.717) is 29.0 Å². The average Bonchev–Trinajstić information content (AvgIpc) is 3.08. The zero-order valence-corrected chi connectivity index (χ0v) is 13.1. The lowest BCUT2D eigenvalue weighted by Crippen LogP contribution is -2.25. The maximum Gasteiger partial charge on any atom is 0.242 e. The van der Waals surface area contributed by atoms with E-state index in [9.17, 15) is 8.42 Å². The van der Waals surface area contributed by atoms with Gasteiger partial charge in [0.15, 0.2) is 0 Å². The standard InChI is InChI=1S/C16H22N2O2S/c1-2-18-21(19,20)16-6-4-3-5-15(16)17-11-14-10-12-7-8-13(14)9-12/h3-8,12-14,17-18H,2,9-11H2,1H3. The molecule has 0 aliphatic heterocycles. The van der Waals surface area contributed by atoms with Gasteiger partial charge in [-0.3, -0.25) is 0 Å². The summed E-state index contributed by atoms with van der Waals surface area (Å²) in [6, 6.07) is 7.12. The Morgan fingerprint density at radius 1 is 1.19 bits per heavy atom. The van der Waals surface area contributed by atoms with Crippen molar-refractivity contribution in [3.05, 3.63) is 36.4 Å². The molecule has 1 fully saturated rings. The molecule has 21 heavy (non-hydrogen) atoms. The van der Waals surface area contributed by atoms with Gasteiger partial charge in [-0.05, 0) is 42.7 Å². The molecular formula is C16H22N2O2S. The second-order valence-electron chi connectivity index (χ2n) is 5.92. The molecule has 1 saturated carbocycles. The van der Waals surface area contributed by atoms with Crippen LogP contribution in [0.5, 0.6) is 0 Å². The van der Waals surface area contributed by atoms with Crippen LogP contribution < -0.4 is 10.0 Å². The second-order valence-corrected chi connectivity index (χ2v) is 7.65. The highest BCUT2D eigenvalue weighted by atomic mass is 32.2. The van der Waals surface area contributed by atoms with Crippen molar-refractivity contribution in [2.45, 2.75) is 24.7 Å². The number of rotatable bonds is 6. The summed E-state index contributed by atoms with van der Waals surface area (Å²) in [5, 5.41) is 3.35. The van der Waals surface area contributed by atoms with Gasteiger partial charge in [-0.15, -0.1) is 0 Å². The summed E-state index contributed by atoms with van der Waals surface area (Å²) < 4.78 is 27.0. The highest BCUT2D eigenvalue weighted by Crippen LogP contribution is 2.43. The molecule has 3 atom stereocenters. The van der Waals surface area contributed by atoms with E-state index in [0.717, 1.165) is 12.5 Å². The molecule has 3 unspecified atom stereocenters. The molecule has 0 saturated heterocycles. The molecule has 4 nitrogen and oxygen atoms in total. The summed E-state index contributed by atoms with van der Waals surface area (Å²) in [6.45, 7) is 3.02. The van der Waals surface area contributed by atoms with Crippen molar-refractivity contribution >= 4 is 15.7 Å². The van der Waals surface area contributed by atoms with Crippen molar-refractivity contribution in [1.82, 2.24) is 4.72 Å². The van der Waals surface area contributed by atoms with Crippen molar-refractivity contribution in [1.29, 1.82) is 0 Å². The van der Waals surface area contributed by atoms with Gasteiger partial charge in [0.2, 0.25) is 10.0 Å². The summed E-state index contributed by atoms with van der Waals surface area (Å²) in [6.07, 6.45) is 7.13. The molecule has 0 aromatic heterocycles. The molecule has 1 aromatic rings. The fourth-order valence-electron chi connectivity index (χ4n) is 3.49. The molecule has 0 heterocycles. The molecular weight excluding hydrogens is 284 g/mol. The fraction of sp³-hybridized carbons (Fsp3) is 0.500. The van der Waals surface area contributed by atoms with Crippen LogP contribution in [0.15, 0.2) is 41.3 Å². The smallest absolute Gasteiger partial charge is 0.242 e. The monoisotopic (exact) mass is 306 g/mol. The third kappa shape index (κ3) is 2.99. The molecule has 2 aliphatic carbocycles. The van der Waals surface area contributed by atoms with E-state index >= 15 is 0 Å². The van der Waals surface area contributed by atoms with Crippen LogP contribution in [0.4, 0.5) is 5.69 Å². The molecule has 2 bridgehead atoms. The molecule has 114 valence electrons. The normalized spacial score (nSPS) is 27.2. The van der Waals surface area contributed by atoms with Gasteiger partial charge in [0.05, 0.1) is 5.69 Å². The summed E-state index contributed by atoms with van der Waals surface area (Å²) in [4.78, 5) is 0.338. The first-order chi connectivity index (χ1) is 10.1. The zero-order chi connectivity index (χ0) is 14.9. The average molecular weight is 306 g/mol. The van der Waals surface area contributed by atoms with Crippen molar-refractivity contribution in [2.24, 2.45) is 17.8 Å². The number of anilines is 1. The van der Waals surface area contributed by atoms with Gasteiger partial charge >= 0.3 is 0 Å². The van der Waals surface area contributed by atoms with Gasteiger partial charge in [0, 0.05) is 13.1 Å². The number of hydrogen-bond donors (Lipinski definition) is 2. The van der Waals surface area contributed by atoms with Crippen molar-refractivity contribution in [3.63, 3.8) is 0 Å². The molecule has 2 N–H and O–H groups in total. The lowest BCUT2D eigenvalue weighted by Gasteiger charge is -2.20. The van der Waals surface area contributed by atoms with E-state index < -0.39 is 10.0 Å². The first kappa shape index (κ1) is 14.6. The van der Waals surface area contributed by atoms with Gasteiger partial charge in [-0.25, -0.2) is 13.1 Å². The van der Waals surface area contributed by atoms with Gasteiger partial charge in [-0.2, -0.15) is 0 Å². The highest BCUT2D eigenvalue weighted by molar-refractivity contribution is 7.89. The van der Waals surface area contributed by atoms with Crippen LogP contribution in [-0.4, -0.2) is 21.5 Å². The van der Waals surface area contributed by atoms with E-state index in [1.807, 2.05) is 12.1 Å². The van der Waals surface area contributed by atoms with E-state index in [-0.39, 0.29) is 0 Å². The van der Waals surface area contributed by atoms with Crippen LogP contribution in [0.1, 0.15) is 19.8 Å². The number of sulfonamides is 1. The Kier molecular flexibility index (Phi) is 4.04. The van der Waals surface area contributed by atoms with Crippen LogP contribution in [0.2, 0.25) is 0 Å². The summed E-state index contributed by atoms with van der Waals surface area (Å²) in [5.41, 5.74) is 0.699. The number of fused-ring (bicyclic) bond motifs is 2. The summed E-state index contributed by atoms with van der Waals surface area (Å²) in [7, 11) is -3.42. The SMILES string of the molecule is CCNS(=O)(=O)c1ccccc1NCC1CC2C=CC1C2. The number of benzene rings is 1. The molecule has 3 rings (SSSR count). The van der Waals surface area contributed by atoms with Crippen LogP contribution in [-0.2, 0) is 10.0 Å². The van der Waals surface area contributed by atoms with Crippen molar-refractivity contribution < 1.29 is 8.42 Å². The van der Waals surface area contributed by atoms with Crippen molar-refractivity contribution in [2.75, 3.05) is 18.4 Å². The Bertz CT molecular complexity index is 639. The van der Waals surface area contributed by atoms with Crippen LogP contribution in [0, 0.1) is 17.8 Å². The second kappa shape index (κ2) is 5.81. The largest absolute Gasteiger partial charge is 0.384 e. The third-order valence-corrected chi connectivity index (χ3v) is 6.09. The number of allylic oxidation sites excluding steroid dienone is 2. The van der Waals surface area contributed by atoms with Crippen LogP contribution in [0.25, 0.3) is 0 Å². The van der Waals surface area contributed by atoms with Gasteiger partial charge < -0.3 is 5.32 Å². The highest BCUT2D eigenvalue weighted by Gasteiger charge is 2.35.